The van der Waals surface area contributed by atoms with Crippen LogP contribution in [0.1, 0.15) is 21.5 Å². The van der Waals surface area contributed by atoms with Crippen molar-refractivity contribution in [3.8, 4) is 0 Å². The van der Waals surface area contributed by atoms with Crippen molar-refractivity contribution in [3.05, 3.63) is 34.9 Å². The lowest BCUT2D eigenvalue weighted by molar-refractivity contribution is -0.138. The minimum absolute atomic E-state index is 0.0627. The summed E-state index contributed by atoms with van der Waals surface area (Å²) in [5, 5.41) is 0.866. The van der Waals surface area contributed by atoms with Crippen molar-refractivity contribution in [2.24, 2.45) is 0 Å². The largest absolute Gasteiger partial charge is 0.416 e. The van der Waals surface area contributed by atoms with E-state index in [0.29, 0.717) is 0 Å². The van der Waals surface area contributed by atoms with Gasteiger partial charge in [-0.15, -0.1) is 0 Å². The fourth-order valence-corrected chi connectivity index (χ4v) is 1.33. The minimum Gasteiger partial charge on any atom is -0.274 e. The van der Waals surface area contributed by atoms with Crippen LogP contribution >= 0.6 is 0 Å². The summed E-state index contributed by atoms with van der Waals surface area (Å²) in [5.74, 6) is -0.627. The maximum atomic E-state index is 12.6. The van der Waals surface area contributed by atoms with E-state index < -0.39 is 17.6 Å². The van der Waals surface area contributed by atoms with Gasteiger partial charge in [-0.2, -0.15) is 13.2 Å². The SMILES string of the molecule is CON(C)C(=O)c1ccc(C)c(C(F)(F)F)c1. The molecule has 0 bridgehead atoms. The number of amides is 1. The van der Waals surface area contributed by atoms with Gasteiger partial charge in [-0.1, -0.05) is 6.07 Å². The van der Waals surface area contributed by atoms with E-state index in [0.717, 1.165) is 11.1 Å². The highest BCUT2D eigenvalue weighted by Gasteiger charge is 2.33. The molecule has 17 heavy (non-hydrogen) atoms. The Balaban J connectivity index is 3.18. The van der Waals surface area contributed by atoms with E-state index >= 15 is 0 Å². The van der Waals surface area contributed by atoms with Gasteiger partial charge in [0.1, 0.15) is 0 Å². The molecule has 0 saturated carbocycles. The Morgan fingerprint density at radius 1 is 1.35 bits per heavy atom. The smallest absolute Gasteiger partial charge is 0.274 e. The number of hydrogen-bond donors (Lipinski definition) is 0. The Bertz CT molecular complexity index is 429. The molecule has 0 aliphatic carbocycles. The minimum atomic E-state index is -4.47. The van der Waals surface area contributed by atoms with Gasteiger partial charge in [-0.3, -0.25) is 9.63 Å². The zero-order valence-electron chi connectivity index (χ0n) is 9.63. The Kier molecular flexibility index (Phi) is 3.77. The van der Waals surface area contributed by atoms with Gasteiger partial charge in [0, 0.05) is 12.6 Å². The summed E-state index contributed by atoms with van der Waals surface area (Å²) in [4.78, 5) is 16.2. The lowest BCUT2D eigenvalue weighted by Gasteiger charge is -2.16. The molecule has 1 aromatic rings. The molecule has 0 saturated heterocycles. The first kappa shape index (κ1) is 13.5. The fourth-order valence-electron chi connectivity index (χ4n) is 1.33. The zero-order chi connectivity index (χ0) is 13.2. The van der Waals surface area contributed by atoms with Crippen molar-refractivity contribution in [2.75, 3.05) is 14.2 Å². The lowest BCUT2D eigenvalue weighted by atomic mass is 10.0. The van der Waals surface area contributed by atoms with Crippen molar-refractivity contribution in [1.29, 1.82) is 0 Å². The summed E-state index contributed by atoms with van der Waals surface area (Å²) >= 11 is 0. The molecular weight excluding hydrogens is 235 g/mol. The first-order valence-corrected chi connectivity index (χ1v) is 4.77. The van der Waals surface area contributed by atoms with Crippen LogP contribution in [0.3, 0.4) is 0 Å². The van der Waals surface area contributed by atoms with Crippen molar-refractivity contribution in [1.82, 2.24) is 5.06 Å². The molecule has 1 amide bonds. The van der Waals surface area contributed by atoms with Crippen LogP contribution in [-0.4, -0.2) is 25.1 Å². The third-order valence-electron chi connectivity index (χ3n) is 2.35. The molecule has 0 N–H and O–H groups in total. The molecule has 0 atom stereocenters. The molecule has 0 unspecified atom stereocenters. The van der Waals surface area contributed by atoms with Gasteiger partial charge < -0.3 is 0 Å². The average molecular weight is 247 g/mol. The fraction of sp³-hybridized carbons (Fsp3) is 0.364. The van der Waals surface area contributed by atoms with Gasteiger partial charge in [0.25, 0.3) is 5.91 Å². The quantitative estimate of drug-likeness (QED) is 0.752. The molecule has 1 rings (SSSR count). The maximum absolute atomic E-state index is 12.6. The molecule has 0 heterocycles. The third kappa shape index (κ3) is 2.97. The molecule has 0 spiro atoms. The van der Waals surface area contributed by atoms with Crippen LogP contribution in [-0.2, 0) is 11.0 Å². The van der Waals surface area contributed by atoms with Gasteiger partial charge in [0.15, 0.2) is 0 Å². The normalized spacial score (nSPS) is 11.4. The first-order valence-electron chi connectivity index (χ1n) is 4.77. The highest BCUT2D eigenvalue weighted by atomic mass is 19.4. The number of halogens is 3. The summed E-state index contributed by atoms with van der Waals surface area (Å²) in [6.07, 6.45) is -4.47. The Morgan fingerprint density at radius 2 is 1.94 bits per heavy atom. The maximum Gasteiger partial charge on any atom is 0.416 e. The number of benzene rings is 1. The number of nitrogens with zero attached hydrogens (tertiary/aromatic N) is 1. The molecule has 1 aromatic carbocycles. The van der Waals surface area contributed by atoms with E-state index in [2.05, 4.69) is 4.84 Å². The predicted octanol–water partition coefficient (Wildman–Crippen LogP) is 2.65. The standard InChI is InChI=1S/C11H12F3NO2/c1-7-4-5-8(10(16)15(2)17-3)6-9(7)11(12,13)14/h4-6H,1-3H3. The number of alkyl halides is 3. The monoisotopic (exact) mass is 247 g/mol. The van der Waals surface area contributed by atoms with Gasteiger partial charge in [0.2, 0.25) is 0 Å². The molecule has 0 aromatic heterocycles. The Hall–Kier alpha value is -1.56. The van der Waals surface area contributed by atoms with E-state index in [9.17, 15) is 18.0 Å². The molecular formula is C11H12F3NO2. The van der Waals surface area contributed by atoms with Crippen LogP contribution in [0.4, 0.5) is 13.2 Å². The molecule has 0 radical (unpaired) electrons. The third-order valence-corrected chi connectivity index (χ3v) is 2.35. The summed E-state index contributed by atoms with van der Waals surface area (Å²) in [6.45, 7) is 1.34. The highest BCUT2D eigenvalue weighted by Crippen LogP contribution is 2.32. The number of carbonyl (C=O) groups excluding carboxylic acids is 1. The van der Waals surface area contributed by atoms with Crippen LogP contribution in [0.15, 0.2) is 18.2 Å². The first-order chi connectivity index (χ1) is 7.77. The summed E-state index contributed by atoms with van der Waals surface area (Å²) in [7, 11) is 2.59. The van der Waals surface area contributed by atoms with E-state index in [1.807, 2.05) is 0 Å². The van der Waals surface area contributed by atoms with E-state index in [4.69, 9.17) is 0 Å². The Morgan fingerprint density at radius 3 is 2.41 bits per heavy atom. The van der Waals surface area contributed by atoms with E-state index in [-0.39, 0.29) is 11.1 Å². The van der Waals surface area contributed by atoms with Gasteiger partial charge in [0.05, 0.1) is 12.7 Å². The topological polar surface area (TPSA) is 29.5 Å². The second kappa shape index (κ2) is 4.75. The van der Waals surface area contributed by atoms with Crippen LogP contribution in [0.25, 0.3) is 0 Å². The van der Waals surface area contributed by atoms with Crippen molar-refractivity contribution < 1.29 is 22.8 Å². The Labute approximate surface area is 96.7 Å². The number of carbonyl (C=O) groups is 1. The van der Waals surface area contributed by atoms with Crippen LogP contribution in [0, 0.1) is 6.92 Å². The molecule has 94 valence electrons. The van der Waals surface area contributed by atoms with Crippen molar-refractivity contribution in [3.63, 3.8) is 0 Å². The van der Waals surface area contributed by atoms with Gasteiger partial charge in [-0.05, 0) is 24.6 Å². The number of rotatable bonds is 2. The molecule has 6 heteroatoms. The van der Waals surface area contributed by atoms with E-state index in [1.54, 1.807) is 0 Å². The number of aryl methyl sites for hydroxylation is 1. The summed E-state index contributed by atoms with van der Waals surface area (Å²) in [5.41, 5.74) is -0.797. The highest BCUT2D eigenvalue weighted by molar-refractivity contribution is 5.93. The lowest BCUT2D eigenvalue weighted by Crippen LogP contribution is -2.25. The van der Waals surface area contributed by atoms with Crippen LogP contribution in [0.2, 0.25) is 0 Å². The summed E-state index contributed by atoms with van der Waals surface area (Å²) in [6, 6.07) is 3.43. The van der Waals surface area contributed by atoms with Gasteiger partial charge in [-0.25, -0.2) is 5.06 Å². The number of hydroxylamine groups is 2. The van der Waals surface area contributed by atoms with E-state index in [1.165, 1.54) is 33.2 Å². The average Bonchev–Trinajstić information content (AvgIpc) is 2.26. The van der Waals surface area contributed by atoms with Crippen LogP contribution < -0.4 is 0 Å². The summed E-state index contributed by atoms with van der Waals surface area (Å²) < 4.78 is 37.9. The predicted molar refractivity (Wildman–Crippen MR) is 55.3 cm³/mol. The van der Waals surface area contributed by atoms with Crippen molar-refractivity contribution in [2.45, 2.75) is 13.1 Å². The molecule has 0 aliphatic heterocycles. The number of hydrogen-bond acceptors (Lipinski definition) is 2. The zero-order valence-corrected chi connectivity index (χ0v) is 9.63. The van der Waals surface area contributed by atoms with Gasteiger partial charge >= 0.3 is 6.18 Å². The second-order valence-corrected chi connectivity index (χ2v) is 3.51. The molecule has 0 aliphatic rings. The van der Waals surface area contributed by atoms with Crippen LogP contribution in [0.5, 0.6) is 0 Å². The molecule has 0 fully saturated rings. The molecule has 3 nitrogen and oxygen atoms in total. The van der Waals surface area contributed by atoms with Crippen molar-refractivity contribution >= 4 is 5.91 Å². The second-order valence-electron chi connectivity index (χ2n) is 3.51.